The van der Waals surface area contributed by atoms with Crippen molar-refractivity contribution in [1.29, 1.82) is 0 Å². The maximum Gasteiger partial charge on any atom is 0.273 e. The van der Waals surface area contributed by atoms with Gasteiger partial charge in [0.25, 0.3) is 5.91 Å². The molecule has 2 N–H and O–H groups in total. The lowest BCUT2D eigenvalue weighted by molar-refractivity contribution is 0.0185. The minimum atomic E-state index is 0.00343. The largest absolute Gasteiger partial charge is 0.379 e. The van der Waals surface area contributed by atoms with Crippen LogP contribution in [0, 0.1) is 0 Å². The molecule has 7 heteroatoms. The normalized spacial score (nSPS) is 24.8. The second-order valence-corrected chi connectivity index (χ2v) is 5.80. The Morgan fingerprint density at radius 2 is 2.21 bits per heavy atom. The number of hydrogen-bond acceptors (Lipinski definition) is 6. The summed E-state index contributed by atoms with van der Waals surface area (Å²) in [5.41, 5.74) is 6.05. The summed E-state index contributed by atoms with van der Waals surface area (Å²) in [6.07, 6.45) is 1.03. The fourth-order valence-corrected chi connectivity index (χ4v) is 3.25. The molecule has 2 saturated heterocycles. The van der Waals surface area contributed by atoms with E-state index in [0.29, 0.717) is 16.9 Å². The predicted octanol–water partition coefficient (Wildman–Crippen LogP) is 0.272. The molecule has 0 spiro atoms. The van der Waals surface area contributed by atoms with Crippen molar-refractivity contribution in [2.24, 2.45) is 0 Å². The van der Waals surface area contributed by atoms with Crippen LogP contribution in [0.5, 0.6) is 0 Å². The summed E-state index contributed by atoms with van der Waals surface area (Å²) in [5.74, 6) is 0.00343. The van der Waals surface area contributed by atoms with E-state index in [1.165, 1.54) is 11.3 Å². The molecule has 0 aliphatic carbocycles. The maximum absolute atomic E-state index is 12.3. The summed E-state index contributed by atoms with van der Waals surface area (Å²) in [6.45, 7) is 5.13. The second kappa shape index (κ2) is 5.44. The number of ether oxygens (including phenoxy) is 1. The summed E-state index contributed by atoms with van der Waals surface area (Å²) >= 11 is 1.31. The fraction of sp³-hybridized carbons (Fsp3) is 0.667. The molecule has 3 rings (SSSR count). The number of carbonyl (C=O) groups is 1. The number of morpholine rings is 1. The zero-order chi connectivity index (χ0) is 13.2. The van der Waals surface area contributed by atoms with E-state index >= 15 is 0 Å². The van der Waals surface area contributed by atoms with Gasteiger partial charge in [-0.05, 0) is 6.42 Å². The van der Waals surface area contributed by atoms with E-state index < -0.39 is 0 Å². The second-order valence-electron chi connectivity index (χ2n) is 4.91. The van der Waals surface area contributed by atoms with Crippen molar-refractivity contribution in [2.75, 3.05) is 45.1 Å². The molecule has 1 aromatic heterocycles. The summed E-state index contributed by atoms with van der Waals surface area (Å²) in [7, 11) is 0. The Morgan fingerprint density at radius 3 is 2.89 bits per heavy atom. The highest BCUT2D eigenvalue weighted by Crippen LogP contribution is 2.20. The van der Waals surface area contributed by atoms with Crippen LogP contribution in [0.1, 0.15) is 16.9 Å². The molecule has 2 fully saturated rings. The minimum absolute atomic E-state index is 0.00343. The van der Waals surface area contributed by atoms with Crippen molar-refractivity contribution in [3.63, 3.8) is 0 Å². The van der Waals surface area contributed by atoms with Gasteiger partial charge < -0.3 is 15.4 Å². The Labute approximate surface area is 116 Å². The van der Waals surface area contributed by atoms with Gasteiger partial charge in [-0.25, -0.2) is 4.98 Å². The van der Waals surface area contributed by atoms with Crippen LogP contribution in [0.15, 0.2) is 5.38 Å². The molecule has 1 amide bonds. The van der Waals surface area contributed by atoms with Crippen LogP contribution in [0.3, 0.4) is 0 Å². The third-order valence-electron chi connectivity index (χ3n) is 3.75. The first-order valence-electron chi connectivity index (χ1n) is 6.56. The number of likely N-dealkylation sites (tertiary alicyclic amines) is 1. The molecule has 0 radical (unpaired) electrons. The van der Waals surface area contributed by atoms with Crippen molar-refractivity contribution >= 4 is 22.4 Å². The quantitative estimate of drug-likeness (QED) is 0.843. The molecule has 0 aromatic carbocycles. The van der Waals surface area contributed by atoms with E-state index in [1.807, 2.05) is 4.90 Å². The van der Waals surface area contributed by atoms with Gasteiger partial charge in [-0.15, -0.1) is 11.3 Å². The number of thiazole rings is 1. The van der Waals surface area contributed by atoms with Gasteiger partial charge in [0.05, 0.1) is 13.2 Å². The van der Waals surface area contributed by atoms with Crippen molar-refractivity contribution in [3.8, 4) is 0 Å². The van der Waals surface area contributed by atoms with Crippen molar-refractivity contribution in [3.05, 3.63) is 11.1 Å². The van der Waals surface area contributed by atoms with Crippen LogP contribution in [0.4, 0.5) is 5.13 Å². The third kappa shape index (κ3) is 2.72. The fourth-order valence-electron chi connectivity index (χ4n) is 2.71. The van der Waals surface area contributed by atoms with E-state index in [2.05, 4.69) is 9.88 Å². The van der Waals surface area contributed by atoms with Crippen LogP contribution in [-0.2, 0) is 4.74 Å². The first-order valence-corrected chi connectivity index (χ1v) is 7.44. The zero-order valence-corrected chi connectivity index (χ0v) is 11.6. The Kier molecular flexibility index (Phi) is 3.67. The van der Waals surface area contributed by atoms with E-state index in [1.54, 1.807) is 5.38 Å². The number of nitrogen functional groups attached to an aromatic ring is 1. The van der Waals surface area contributed by atoms with Crippen molar-refractivity contribution in [1.82, 2.24) is 14.8 Å². The zero-order valence-electron chi connectivity index (χ0n) is 10.7. The molecule has 0 saturated carbocycles. The topological polar surface area (TPSA) is 71.7 Å². The highest BCUT2D eigenvalue weighted by Gasteiger charge is 2.32. The predicted molar refractivity (Wildman–Crippen MR) is 73.2 cm³/mol. The van der Waals surface area contributed by atoms with Crippen LogP contribution in [-0.4, -0.2) is 66.1 Å². The van der Waals surface area contributed by atoms with Gasteiger partial charge >= 0.3 is 0 Å². The average Bonchev–Trinajstić information content (AvgIpc) is 3.08. The maximum atomic E-state index is 12.3. The molecule has 6 nitrogen and oxygen atoms in total. The van der Waals surface area contributed by atoms with Crippen molar-refractivity contribution < 1.29 is 9.53 Å². The first-order chi connectivity index (χ1) is 9.24. The summed E-state index contributed by atoms with van der Waals surface area (Å²) in [6, 6.07) is 0.462. The number of anilines is 1. The Hall–Kier alpha value is -1.18. The number of nitrogens with zero attached hydrogens (tertiary/aromatic N) is 3. The smallest absolute Gasteiger partial charge is 0.273 e. The van der Waals surface area contributed by atoms with Crippen LogP contribution in [0.2, 0.25) is 0 Å². The number of rotatable bonds is 2. The third-order valence-corrected chi connectivity index (χ3v) is 4.43. The van der Waals surface area contributed by atoms with E-state index in [-0.39, 0.29) is 5.91 Å². The molecule has 1 unspecified atom stereocenters. The molecule has 0 bridgehead atoms. The van der Waals surface area contributed by atoms with Crippen LogP contribution < -0.4 is 5.73 Å². The molecule has 1 atom stereocenters. The molecule has 3 heterocycles. The lowest BCUT2D eigenvalue weighted by Gasteiger charge is -2.31. The summed E-state index contributed by atoms with van der Waals surface area (Å²) in [4.78, 5) is 20.6. The highest BCUT2D eigenvalue weighted by molar-refractivity contribution is 7.13. The highest BCUT2D eigenvalue weighted by atomic mass is 32.1. The number of hydrogen-bond donors (Lipinski definition) is 1. The van der Waals surface area contributed by atoms with E-state index in [0.717, 1.165) is 45.8 Å². The number of amides is 1. The molecule has 1 aromatic rings. The Bertz CT molecular complexity index is 458. The number of nitrogens with two attached hydrogens (primary N) is 1. The van der Waals surface area contributed by atoms with Gasteiger partial charge in [-0.2, -0.15) is 0 Å². The van der Waals surface area contributed by atoms with E-state index in [4.69, 9.17) is 10.5 Å². The number of aromatic nitrogens is 1. The van der Waals surface area contributed by atoms with E-state index in [9.17, 15) is 4.79 Å². The Morgan fingerprint density at radius 1 is 1.42 bits per heavy atom. The molecular weight excluding hydrogens is 264 g/mol. The number of carbonyl (C=O) groups excluding carboxylic acids is 1. The van der Waals surface area contributed by atoms with Gasteiger partial charge in [0.1, 0.15) is 5.69 Å². The monoisotopic (exact) mass is 282 g/mol. The summed E-state index contributed by atoms with van der Waals surface area (Å²) in [5, 5.41) is 2.19. The van der Waals surface area contributed by atoms with Crippen LogP contribution in [0.25, 0.3) is 0 Å². The lowest BCUT2D eigenvalue weighted by atomic mass is 10.2. The van der Waals surface area contributed by atoms with Gasteiger partial charge in [0.15, 0.2) is 5.13 Å². The molecule has 2 aliphatic rings. The average molecular weight is 282 g/mol. The standard InChI is InChI=1S/C12H18N4O2S/c13-12-14-10(8-19-12)11(17)16-2-1-9(7-16)15-3-5-18-6-4-15/h8-9H,1-7H2,(H2,13,14). The minimum Gasteiger partial charge on any atom is -0.379 e. The van der Waals surface area contributed by atoms with Gasteiger partial charge in [0.2, 0.25) is 0 Å². The van der Waals surface area contributed by atoms with Gasteiger partial charge in [-0.1, -0.05) is 0 Å². The molecular formula is C12H18N4O2S. The summed E-state index contributed by atoms with van der Waals surface area (Å²) < 4.78 is 5.36. The Balaban J connectivity index is 1.60. The van der Waals surface area contributed by atoms with Gasteiger partial charge in [0, 0.05) is 37.6 Å². The molecule has 104 valence electrons. The molecule has 19 heavy (non-hydrogen) atoms. The molecule has 2 aliphatic heterocycles. The first kappa shape index (κ1) is 12.8. The van der Waals surface area contributed by atoms with Crippen LogP contribution >= 0.6 is 11.3 Å². The lowest BCUT2D eigenvalue weighted by Crippen LogP contribution is -2.45. The van der Waals surface area contributed by atoms with Crippen molar-refractivity contribution in [2.45, 2.75) is 12.5 Å². The SMILES string of the molecule is Nc1nc(C(=O)N2CCC(N3CCOCC3)C2)cs1. The van der Waals surface area contributed by atoms with Gasteiger partial charge in [-0.3, -0.25) is 9.69 Å².